The number of benzene rings is 2. The number of rotatable bonds is 4. The van der Waals surface area contributed by atoms with Gasteiger partial charge in [0.15, 0.2) is 5.69 Å². The normalized spacial score (nSPS) is 10.6. The molecule has 0 bridgehead atoms. The van der Waals surface area contributed by atoms with E-state index in [0.29, 0.717) is 21.5 Å². The van der Waals surface area contributed by atoms with Crippen LogP contribution in [0.5, 0.6) is 11.5 Å². The average Bonchev–Trinajstić information content (AvgIpc) is 2.34. The molecule has 0 spiro atoms. The van der Waals surface area contributed by atoms with E-state index in [1.165, 1.54) is 0 Å². The predicted octanol–water partition coefficient (Wildman–Crippen LogP) is 2.23. The Morgan fingerprint density at radius 1 is 0.800 bits per heavy atom. The maximum absolute atomic E-state index is 5.79. The number of hydrogen-bond donors (Lipinski definition) is 0. The molecule has 0 fully saturated rings. The summed E-state index contributed by atoms with van der Waals surface area (Å²) in [5, 5.41) is 1.23. The van der Waals surface area contributed by atoms with Crippen LogP contribution in [0.2, 0.25) is 10.0 Å². The van der Waals surface area contributed by atoms with Gasteiger partial charge in [0.05, 0.1) is 0 Å². The van der Waals surface area contributed by atoms with Gasteiger partial charge in [0.1, 0.15) is 11.5 Å². The summed E-state index contributed by atoms with van der Waals surface area (Å²) in [6.45, 7) is 0. The summed E-state index contributed by atoms with van der Waals surface area (Å²) in [6, 6.07) is 13.6. The topological polar surface area (TPSA) is 18.5 Å². The molecule has 0 aromatic heterocycles. The maximum Gasteiger partial charge on any atom is 1.00 e. The Labute approximate surface area is 160 Å². The minimum absolute atomic E-state index is 0. The molecule has 0 aliphatic carbocycles. The summed E-state index contributed by atoms with van der Waals surface area (Å²) in [4.78, 5) is 0. The third-order valence-corrected chi connectivity index (χ3v) is 4.33. The minimum Gasteiger partial charge on any atom is -0.665 e. The number of halogens is 2. The van der Waals surface area contributed by atoms with Crippen molar-refractivity contribution in [1.29, 1.82) is 0 Å². The van der Waals surface area contributed by atoms with Crippen LogP contribution in [0.25, 0.3) is 0 Å². The van der Waals surface area contributed by atoms with Crippen molar-refractivity contribution in [1.82, 2.24) is 0 Å². The Morgan fingerprint density at radius 3 is 1.40 bits per heavy atom. The van der Waals surface area contributed by atoms with Crippen molar-refractivity contribution in [3.05, 3.63) is 58.6 Å². The molecule has 0 radical (unpaired) electrons. The summed E-state index contributed by atoms with van der Waals surface area (Å²) in [6.07, 6.45) is 0. The van der Waals surface area contributed by atoms with Gasteiger partial charge in [0.25, 0.3) is 0 Å². The van der Waals surface area contributed by atoms with Gasteiger partial charge >= 0.3 is 29.6 Å². The molecule has 8 heteroatoms. The van der Waals surface area contributed by atoms with E-state index in [-0.39, 0.29) is 29.6 Å². The third-order valence-electron chi connectivity index (χ3n) is 2.06. The van der Waals surface area contributed by atoms with E-state index in [0.717, 1.165) is 0 Å². The zero-order chi connectivity index (χ0) is 13.9. The Kier molecular flexibility index (Phi) is 7.75. The van der Waals surface area contributed by atoms with E-state index >= 15 is 0 Å². The molecule has 0 heterocycles. The molecule has 20 heavy (non-hydrogen) atoms. The molecular formula is C12H8Cl2NaO2PS2. The van der Waals surface area contributed by atoms with Crippen LogP contribution in [-0.2, 0) is 24.1 Å². The first-order chi connectivity index (χ1) is 8.94. The van der Waals surface area contributed by atoms with Gasteiger partial charge in [0.2, 0.25) is 0 Å². The largest absolute Gasteiger partial charge is 1.00 e. The minimum atomic E-state index is -2.84. The summed E-state index contributed by atoms with van der Waals surface area (Å²) < 4.78 is 11.0. The van der Waals surface area contributed by atoms with E-state index in [1.54, 1.807) is 48.5 Å². The van der Waals surface area contributed by atoms with Crippen molar-refractivity contribution in [3.63, 3.8) is 0 Å². The Balaban J connectivity index is 0.00000200. The van der Waals surface area contributed by atoms with Crippen molar-refractivity contribution in [2.45, 2.75) is 0 Å². The van der Waals surface area contributed by atoms with Crippen molar-refractivity contribution in [3.8, 4) is 11.5 Å². The van der Waals surface area contributed by atoms with Crippen LogP contribution in [0.4, 0.5) is 0 Å². The summed E-state index contributed by atoms with van der Waals surface area (Å²) in [5.74, 6) is 1.08. The standard InChI is InChI=1S/C12H9Cl2O2PS2.Na/c13-9-1-5-11(6-2-9)15-17(18,19)16-12-7-3-10(14)4-8-12;/h1-8H,(H,18,19);/q;+1/p-1. The molecular weight excluding hydrogens is 365 g/mol. The van der Waals surface area contributed by atoms with E-state index in [1.807, 2.05) is 0 Å². The first-order valence-corrected chi connectivity index (χ1v) is 9.57. The fourth-order valence-electron chi connectivity index (χ4n) is 1.27. The van der Waals surface area contributed by atoms with E-state index in [2.05, 4.69) is 0 Å². The summed E-state index contributed by atoms with van der Waals surface area (Å²) >= 11 is 21.9. The maximum atomic E-state index is 5.79. The van der Waals surface area contributed by atoms with E-state index in [9.17, 15) is 0 Å². The van der Waals surface area contributed by atoms with Crippen LogP contribution < -0.4 is 38.6 Å². The molecule has 0 aliphatic rings. The quantitative estimate of drug-likeness (QED) is 0.465. The van der Waals surface area contributed by atoms with Crippen LogP contribution in [0.15, 0.2) is 48.5 Å². The van der Waals surface area contributed by atoms with Gasteiger partial charge in [-0.2, -0.15) is 0 Å². The van der Waals surface area contributed by atoms with Crippen LogP contribution in [-0.4, -0.2) is 0 Å². The van der Waals surface area contributed by atoms with E-state index < -0.39 is 5.69 Å². The second kappa shape index (κ2) is 8.30. The van der Waals surface area contributed by atoms with Gasteiger partial charge in [-0.3, -0.25) is 0 Å². The van der Waals surface area contributed by atoms with Crippen LogP contribution in [0.3, 0.4) is 0 Å². The van der Waals surface area contributed by atoms with Crippen molar-refractivity contribution < 1.29 is 38.6 Å². The molecule has 0 saturated heterocycles. The smallest absolute Gasteiger partial charge is 0.665 e. The predicted molar refractivity (Wildman–Crippen MR) is 85.8 cm³/mol. The second-order valence-corrected chi connectivity index (χ2v) is 9.25. The Hall–Kier alpha value is 0.620. The first-order valence-electron chi connectivity index (χ1n) is 5.16. The Morgan fingerprint density at radius 2 is 1.10 bits per heavy atom. The zero-order valence-electron chi connectivity index (χ0n) is 10.5. The molecule has 0 amide bonds. The zero-order valence-corrected chi connectivity index (χ0v) is 16.5. The molecule has 0 unspecified atom stereocenters. The van der Waals surface area contributed by atoms with Crippen LogP contribution in [0.1, 0.15) is 0 Å². The summed E-state index contributed by atoms with van der Waals surface area (Å²) in [7, 11) is 0. The molecule has 0 saturated carbocycles. The van der Waals surface area contributed by atoms with Gasteiger partial charge in [-0.15, -0.1) is 0 Å². The van der Waals surface area contributed by atoms with Gasteiger partial charge in [0, 0.05) is 10.0 Å². The molecule has 2 aromatic rings. The van der Waals surface area contributed by atoms with Crippen molar-refractivity contribution in [2.75, 3.05) is 0 Å². The van der Waals surface area contributed by atoms with Gasteiger partial charge < -0.3 is 21.3 Å². The molecule has 2 nitrogen and oxygen atoms in total. The second-order valence-electron chi connectivity index (χ2n) is 3.54. The van der Waals surface area contributed by atoms with Crippen molar-refractivity contribution >= 4 is 53.0 Å². The first kappa shape index (κ1) is 18.7. The monoisotopic (exact) mass is 372 g/mol. The molecule has 0 atom stereocenters. The summed E-state index contributed by atoms with van der Waals surface area (Å²) in [5.41, 5.74) is -2.84. The van der Waals surface area contributed by atoms with Crippen LogP contribution in [0, 0.1) is 0 Å². The van der Waals surface area contributed by atoms with Gasteiger partial charge in [-0.1, -0.05) is 23.2 Å². The molecule has 100 valence electrons. The molecule has 0 N–H and O–H groups in total. The van der Waals surface area contributed by atoms with Crippen molar-refractivity contribution in [2.24, 2.45) is 0 Å². The van der Waals surface area contributed by atoms with Gasteiger partial charge in [-0.05, 0) is 60.3 Å². The average molecular weight is 373 g/mol. The van der Waals surface area contributed by atoms with Crippen LogP contribution >= 0.6 is 28.9 Å². The SMILES string of the molecule is S=P([S-])(Oc1ccc(Cl)cc1)Oc1ccc(Cl)cc1.[Na+]. The van der Waals surface area contributed by atoms with E-state index in [4.69, 9.17) is 56.3 Å². The molecule has 0 aliphatic heterocycles. The Bertz CT molecular complexity index is 556. The number of hydrogen-bond acceptors (Lipinski definition) is 4. The molecule has 2 rings (SSSR count). The molecule has 2 aromatic carbocycles. The van der Waals surface area contributed by atoms with Gasteiger partial charge in [-0.25, -0.2) is 0 Å². The third kappa shape index (κ3) is 6.17. The fraction of sp³-hybridized carbons (Fsp3) is 0. The fourth-order valence-corrected chi connectivity index (χ4v) is 3.35.